The topological polar surface area (TPSA) is 89.3 Å². The van der Waals surface area contributed by atoms with Crippen LogP contribution in [0, 0.1) is 13.8 Å². The first-order valence-electron chi connectivity index (χ1n) is 9.40. The van der Waals surface area contributed by atoms with Crippen LogP contribution in [0.4, 0.5) is 0 Å². The van der Waals surface area contributed by atoms with Crippen LogP contribution in [-0.4, -0.2) is 67.0 Å². The molecule has 154 valence electrons. The highest BCUT2D eigenvalue weighted by Crippen LogP contribution is 2.19. The number of aryl methyl sites for hydroxylation is 2. The summed E-state index contributed by atoms with van der Waals surface area (Å²) >= 11 is 0. The molecular formula is C21H24N2O6. The molecule has 8 nitrogen and oxygen atoms in total. The molecule has 1 aliphatic heterocycles. The molecule has 29 heavy (non-hydrogen) atoms. The summed E-state index contributed by atoms with van der Waals surface area (Å²) in [6, 6.07) is 8.99. The number of hydrogen-bond acceptors (Lipinski definition) is 6. The number of piperazine rings is 1. The van der Waals surface area contributed by atoms with Gasteiger partial charge in [0.25, 0.3) is 11.8 Å². The maximum absolute atomic E-state index is 12.3. The highest BCUT2D eigenvalue weighted by Gasteiger charge is 2.26. The molecule has 2 heterocycles. The maximum atomic E-state index is 12.3. The summed E-state index contributed by atoms with van der Waals surface area (Å²) in [6.45, 7) is 4.77. The molecule has 1 aromatic carbocycles. The second-order valence-corrected chi connectivity index (χ2v) is 6.87. The molecule has 0 aliphatic carbocycles. The first-order valence-corrected chi connectivity index (χ1v) is 9.40. The van der Waals surface area contributed by atoms with E-state index in [1.54, 1.807) is 21.9 Å². The number of nitrogens with zero attached hydrogens (tertiary/aromatic N) is 2. The fourth-order valence-corrected chi connectivity index (χ4v) is 2.99. The molecule has 1 fully saturated rings. The molecule has 0 N–H and O–H groups in total. The minimum atomic E-state index is -0.606. The second kappa shape index (κ2) is 9.27. The van der Waals surface area contributed by atoms with E-state index in [0.717, 1.165) is 11.1 Å². The number of amides is 2. The average Bonchev–Trinajstić information content (AvgIpc) is 3.27. The van der Waals surface area contributed by atoms with Crippen molar-refractivity contribution in [1.82, 2.24) is 9.80 Å². The summed E-state index contributed by atoms with van der Waals surface area (Å²) in [4.78, 5) is 39.6. The van der Waals surface area contributed by atoms with Crippen molar-refractivity contribution in [3.63, 3.8) is 0 Å². The number of carbonyl (C=O) groups excluding carboxylic acids is 3. The quantitative estimate of drug-likeness (QED) is 0.687. The van der Waals surface area contributed by atoms with Gasteiger partial charge in [-0.15, -0.1) is 0 Å². The Morgan fingerprint density at radius 1 is 1.00 bits per heavy atom. The number of benzene rings is 1. The Morgan fingerprint density at radius 3 is 2.41 bits per heavy atom. The van der Waals surface area contributed by atoms with Gasteiger partial charge in [0, 0.05) is 26.2 Å². The molecule has 2 aromatic rings. The summed E-state index contributed by atoms with van der Waals surface area (Å²) < 4.78 is 15.6. The van der Waals surface area contributed by atoms with Crippen LogP contribution in [-0.2, 0) is 14.3 Å². The van der Waals surface area contributed by atoms with Gasteiger partial charge >= 0.3 is 5.97 Å². The molecule has 1 aromatic heterocycles. The third kappa shape index (κ3) is 5.37. The molecule has 0 atom stereocenters. The van der Waals surface area contributed by atoms with E-state index in [1.807, 2.05) is 32.0 Å². The highest BCUT2D eigenvalue weighted by atomic mass is 16.6. The fourth-order valence-electron chi connectivity index (χ4n) is 2.99. The summed E-state index contributed by atoms with van der Waals surface area (Å²) in [5, 5.41) is 0. The van der Waals surface area contributed by atoms with Crippen LogP contribution in [0.25, 0.3) is 0 Å². The van der Waals surface area contributed by atoms with E-state index in [4.69, 9.17) is 13.9 Å². The SMILES string of the molecule is Cc1ccc(C)c(OCC(=O)OCC(=O)N2CCN(C(=O)c3ccco3)CC2)c1. The van der Waals surface area contributed by atoms with Crippen molar-refractivity contribution in [3.05, 3.63) is 53.5 Å². The number of furan rings is 1. The predicted octanol–water partition coefficient (Wildman–Crippen LogP) is 1.80. The first kappa shape index (κ1) is 20.4. The first-order chi connectivity index (χ1) is 13.9. The van der Waals surface area contributed by atoms with E-state index in [0.29, 0.717) is 31.9 Å². The van der Waals surface area contributed by atoms with Crippen molar-refractivity contribution in [2.75, 3.05) is 39.4 Å². The molecule has 0 spiro atoms. The summed E-state index contributed by atoms with van der Waals surface area (Å²) in [6.07, 6.45) is 1.45. The largest absolute Gasteiger partial charge is 0.482 e. The lowest BCUT2D eigenvalue weighted by Gasteiger charge is -2.34. The van der Waals surface area contributed by atoms with Gasteiger partial charge in [-0.1, -0.05) is 12.1 Å². The lowest BCUT2D eigenvalue weighted by atomic mass is 10.1. The summed E-state index contributed by atoms with van der Waals surface area (Å²) in [5.74, 6) is -0.202. The smallest absolute Gasteiger partial charge is 0.344 e. The molecule has 0 unspecified atom stereocenters. The van der Waals surface area contributed by atoms with Crippen molar-refractivity contribution in [3.8, 4) is 5.75 Å². The van der Waals surface area contributed by atoms with E-state index in [1.165, 1.54) is 6.26 Å². The van der Waals surface area contributed by atoms with Crippen molar-refractivity contribution < 1.29 is 28.3 Å². The Hall–Kier alpha value is -3.29. The predicted molar refractivity (Wildman–Crippen MR) is 104 cm³/mol. The van der Waals surface area contributed by atoms with E-state index in [-0.39, 0.29) is 30.8 Å². The van der Waals surface area contributed by atoms with Crippen molar-refractivity contribution in [1.29, 1.82) is 0 Å². The lowest BCUT2D eigenvalue weighted by molar-refractivity contribution is -0.154. The number of hydrogen-bond donors (Lipinski definition) is 0. The second-order valence-electron chi connectivity index (χ2n) is 6.87. The van der Waals surface area contributed by atoms with Crippen molar-refractivity contribution in [2.24, 2.45) is 0 Å². The molecule has 0 radical (unpaired) electrons. The van der Waals surface area contributed by atoms with Crippen LogP contribution in [0.2, 0.25) is 0 Å². The maximum Gasteiger partial charge on any atom is 0.344 e. The van der Waals surface area contributed by atoms with E-state index in [2.05, 4.69) is 0 Å². The monoisotopic (exact) mass is 400 g/mol. The van der Waals surface area contributed by atoms with Crippen LogP contribution in [0.5, 0.6) is 5.75 Å². The van der Waals surface area contributed by atoms with Crippen LogP contribution < -0.4 is 4.74 Å². The van der Waals surface area contributed by atoms with E-state index in [9.17, 15) is 14.4 Å². The Bertz CT molecular complexity index is 869. The van der Waals surface area contributed by atoms with Gasteiger partial charge in [0.2, 0.25) is 0 Å². The van der Waals surface area contributed by atoms with Gasteiger partial charge in [-0.25, -0.2) is 4.79 Å². The molecule has 0 bridgehead atoms. The zero-order valence-electron chi connectivity index (χ0n) is 16.6. The van der Waals surface area contributed by atoms with Gasteiger partial charge in [0.15, 0.2) is 19.0 Å². The number of ether oxygens (including phenoxy) is 2. The molecule has 0 saturated carbocycles. The lowest BCUT2D eigenvalue weighted by Crippen LogP contribution is -2.51. The molecule has 1 aliphatic rings. The van der Waals surface area contributed by atoms with Crippen molar-refractivity contribution >= 4 is 17.8 Å². The van der Waals surface area contributed by atoms with Gasteiger partial charge in [-0.3, -0.25) is 9.59 Å². The third-order valence-electron chi connectivity index (χ3n) is 4.70. The van der Waals surface area contributed by atoms with Crippen LogP contribution >= 0.6 is 0 Å². The number of esters is 1. The molecule has 8 heteroatoms. The Kier molecular flexibility index (Phi) is 6.54. The van der Waals surface area contributed by atoms with Crippen molar-refractivity contribution in [2.45, 2.75) is 13.8 Å². The zero-order chi connectivity index (χ0) is 20.8. The number of carbonyl (C=O) groups is 3. The molecule has 3 rings (SSSR count). The van der Waals surface area contributed by atoms with E-state index < -0.39 is 5.97 Å². The summed E-state index contributed by atoms with van der Waals surface area (Å²) in [5.41, 5.74) is 1.94. The van der Waals surface area contributed by atoms with Gasteiger partial charge in [0.05, 0.1) is 6.26 Å². The Morgan fingerprint density at radius 2 is 1.72 bits per heavy atom. The average molecular weight is 400 g/mol. The molecule has 2 amide bonds. The van der Waals surface area contributed by atoms with Gasteiger partial charge in [0.1, 0.15) is 5.75 Å². The van der Waals surface area contributed by atoms with Gasteiger partial charge in [-0.2, -0.15) is 0 Å². The molecule has 1 saturated heterocycles. The normalized spacial score (nSPS) is 13.9. The number of rotatable bonds is 6. The van der Waals surface area contributed by atoms with Gasteiger partial charge < -0.3 is 23.7 Å². The minimum Gasteiger partial charge on any atom is -0.482 e. The standard InChI is InChI=1S/C21H24N2O6/c1-15-5-6-16(2)18(12-15)28-14-20(25)29-13-19(24)22-7-9-23(10-8-22)21(26)17-4-3-11-27-17/h3-6,11-12H,7-10,13-14H2,1-2H3. The van der Waals surface area contributed by atoms with Crippen LogP contribution in [0.15, 0.2) is 41.0 Å². The third-order valence-corrected chi connectivity index (χ3v) is 4.70. The Labute approximate surface area is 169 Å². The summed E-state index contributed by atoms with van der Waals surface area (Å²) in [7, 11) is 0. The van der Waals surface area contributed by atoms with E-state index >= 15 is 0 Å². The fraction of sp³-hybridized carbons (Fsp3) is 0.381. The van der Waals surface area contributed by atoms with Gasteiger partial charge in [-0.05, 0) is 43.2 Å². The molecular weight excluding hydrogens is 376 g/mol. The van der Waals surface area contributed by atoms with Crippen LogP contribution in [0.3, 0.4) is 0 Å². The zero-order valence-corrected chi connectivity index (χ0v) is 16.6. The minimum absolute atomic E-state index is 0.197. The Balaban J connectivity index is 1.39. The van der Waals surface area contributed by atoms with Crippen LogP contribution in [0.1, 0.15) is 21.7 Å². The highest BCUT2D eigenvalue weighted by molar-refractivity contribution is 5.91.